The van der Waals surface area contributed by atoms with E-state index in [1.165, 1.54) is 0 Å². The van der Waals surface area contributed by atoms with E-state index in [9.17, 15) is 0 Å². The van der Waals surface area contributed by atoms with Crippen LogP contribution in [0.4, 0.5) is 0 Å². The molecule has 0 radical (unpaired) electrons. The zero-order valence-corrected chi connectivity index (χ0v) is 7.98. The van der Waals surface area contributed by atoms with E-state index in [-0.39, 0.29) is 5.54 Å². The predicted molar refractivity (Wildman–Crippen MR) is 48.5 cm³/mol. The molecule has 0 spiro atoms. The van der Waals surface area contributed by atoms with Crippen LogP contribution in [0.5, 0.6) is 0 Å². The second-order valence-electron chi connectivity index (χ2n) is 3.27. The maximum Gasteiger partial charge on any atom is 0.112 e. The summed E-state index contributed by atoms with van der Waals surface area (Å²) in [5, 5.41) is 2.98. The van der Waals surface area contributed by atoms with E-state index in [0.29, 0.717) is 5.92 Å². The summed E-state index contributed by atoms with van der Waals surface area (Å²) in [6.07, 6.45) is 1.80. The summed E-state index contributed by atoms with van der Waals surface area (Å²) >= 11 is 1.62. The van der Waals surface area contributed by atoms with Crippen molar-refractivity contribution in [3.63, 3.8) is 0 Å². The lowest BCUT2D eigenvalue weighted by atomic mass is 9.90. The molecule has 2 N–H and O–H groups in total. The van der Waals surface area contributed by atoms with Crippen LogP contribution in [0.2, 0.25) is 0 Å². The van der Waals surface area contributed by atoms with Crippen molar-refractivity contribution < 1.29 is 0 Å². The second-order valence-corrected chi connectivity index (χ2v) is 4.17. The van der Waals surface area contributed by atoms with Gasteiger partial charge < -0.3 is 5.73 Å². The molecule has 1 heterocycles. The van der Waals surface area contributed by atoms with Crippen LogP contribution < -0.4 is 5.73 Å². The Bertz CT molecular complexity index is 214. The molecule has 1 aromatic rings. The van der Waals surface area contributed by atoms with Gasteiger partial charge in [-0.15, -0.1) is 11.3 Å². The molecule has 62 valence electrons. The van der Waals surface area contributed by atoms with Gasteiger partial charge in [-0.3, -0.25) is 0 Å². The molecule has 1 atom stereocenters. The highest BCUT2D eigenvalue weighted by molar-refractivity contribution is 7.09. The summed E-state index contributed by atoms with van der Waals surface area (Å²) < 4.78 is 0. The minimum absolute atomic E-state index is 0.270. The van der Waals surface area contributed by atoms with Gasteiger partial charge in [0, 0.05) is 11.6 Å². The van der Waals surface area contributed by atoms with Gasteiger partial charge in [-0.05, 0) is 12.8 Å². The molecule has 0 unspecified atom stereocenters. The van der Waals surface area contributed by atoms with Crippen molar-refractivity contribution in [2.45, 2.75) is 26.3 Å². The van der Waals surface area contributed by atoms with Gasteiger partial charge in [-0.2, -0.15) is 0 Å². The van der Waals surface area contributed by atoms with Crippen molar-refractivity contribution in [1.82, 2.24) is 4.98 Å². The van der Waals surface area contributed by atoms with Gasteiger partial charge in [-0.25, -0.2) is 4.98 Å². The van der Waals surface area contributed by atoms with Crippen LogP contribution >= 0.6 is 11.3 Å². The van der Waals surface area contributed by atoms with E-state index in [4.69, 9.17) is 5.73 Å². The van der Waals surface area contributed by atoms with Crippen molar-refractivity contribution in [3.8, 4) is 0 Å². The van der Waals surface area contributed by atoms with Gasteiger partial charge in [0.25, 0.3) is 0 Å². The Morgan fingerprint density at radius 1 is 1.64 bits per heavy atom. The van der Waals surface area contributed by atoms with Crippen molar-refractivity contribution in [1.29, 1.82) is 0 Å². The number of hydrogen-bond acceptors (Lipinski definition) is 3. The van der Waals surface area contributed by atoms with E-state index in [1.807, 2.05) is 12.3 Å². The maximum absolute atomic E-state index is 6.07. The molecule has 0 saturated carbocycles. The third-order valence-corrected chi connectivity index (χ3v) is 3.12. The summed E-state index contributed by atoms with van der Waals surface area (Å²) in [5.41, 5.74) is 5.80. The smallest absolute Gasteiger partial charge is 0.112 e. The minimum atomic E-state index is -0.270. The van der Waals surface area contributed by atoms with Crippen molar-refractivity contribution in [3.05, 3.63) is 16.6 Å². The normalized spacial score (nSPS) is 16.8. The standard InChI is InChI=1S/C8H14N2S/c1-6(2)8(3,9)7-10-4-5-11-7/h4-6H,9H2,1-3H3/t8-/m0/s1. The fourth-order valence-corrected chi connectivity index (χ4v) is 1.60. The summed E-state index contributed by atoms with van der Waals surface area (Å²) in [7, 11) is 0. The summed E-state index contributed by atoms with van der Waals surface area (Å²) in [5.74, 6) is 0.425. The fourth-order valence-electron chi connectivity index (χ4n) is 0.736. The quantitative estimate of drug-likeness (QED) is 0.737. The van der Waals surface area contributed by atoms with Crippen LogP contribution in [0.15, 0.2) is 11.6 Å². The Hall–Kier alpha value is -0.410. The largest absolute Gasteiger partial charge is 0.319 e. The van der Waals surface area contributed by atoms with Crippen LogP contribution in [0.25, 0.3) is 0 Å². The van der Waals surface area contributed by atoms with Crippen molar-refractivity contribution >= 4 is 11.3 Å². The van der Waals surface area contributed by atoms with Gasteiger partial charge in [-0.1, -0.05) is 13.8 Å². The predicted octanol–water partition coefficient (Wildman–Crippen LogP) is 1.97. The Labute approximate surface area is 71.5 Å². The molecular formula is C8H14N2S. The summed E-state index contributed by atoms with van der Waals surface area (Å²) in [6, 6.07) is 0. The summed E-state index contributed by atoms with van der Waals surface area (Å²) in [6.45, 7) is 6.25. The van der Waals surface area contributed by atoms with Gasteiger partial charge in [0.05, 0.1) is 5.54 Å². The van der Waals surface area contributed by atoms with E-state index in [0.717, 1.165) is 5.01 Å². The topological polar surface area (TPSA) is 38.9 Å². The highest BCUT2D eigenvalue weighted by Crippen LogP contribution is 2.27. The van der Waals surface area contributed by atoms with Crippen LogP contribution in [-0.4, -0.2) is 4.98 Å². The highest BCUT2D eigenvalue weighted by Gasteiger charge is 2.27. The van der Waals surface area contributed by atoms with Crippen LogP contribution in [0.3, 0.4) is 0 Å². The molecule has 11 heavy (non-hydrogen) atoms. The zero-order chi connectivity index (χ0) is 8.48. The average molecular weight is 170 g/mol. The molecule has 0 aliphatic carbocycles. The molecule has 0 saturated heterocycles. The third-order valence-electron chi connectivity index (χ3n) is 2.09. The molecule has 0 amide bonds. The first-order valence-corrected chi connectivity index (χ1v) is 4.62. The first-order valence-electron chi connectivity index (χ1n) is 3.74. The number of nitrogens with two attached hydrogens (primary N) is 1. The SMILES string of the molecule is CC(C)[C@](C)(N)c1nccs1. The Morgan fingerprint density at radius 2 is 2.27 bits per heavy atom. The van der Waals surface area contributed by atoms with E-state index < -0.39 is 0 Å². The highest BCUT2D eigenvalue weighted by atomic mass is 32.1. The molecule has 1 rings (SSSR count). The van der Waals surface area contributed by atoms with Gasteiger partial charge in [0.15, 0.2) is 0 Å². The fraction of sp³-hybridized carbons (Fsp3) is 0.625. The molecular weight excluding hydrogens is 156 g/mol. The Kier molecular flexibility index (Phi) is 2.30. The van der Waals surface area contributed by atoms with E-state index >= 15 is 0 Å². The van der Waals surface area contributed by atoms with Crippen molar-refractivity contribution in [2.75, 3.05) is 0 Å². The van der Waals surface area contributed by atoms with Crippen LogP contribution in [0.1, 0.15) is 25.8 Å². The minimum Gasteiger partial charge on any atom is -0.319 e. The molecule has 0 aromatic carbocycles. The number of aromatic nitrogens is 1. The lowest BCUT2D eigenvalue weighted by Gasteiger charge is -2.26. The van der Waals surface area contributed by atoms with Crippen molar-refractivity contribution in [2.24, 2.45) is 11.7 Å². The lowest BCUT2D eigenvalue weighted by Crippen LogP contribution is -2.38. The van der Waals surface area contributed by atoms with E-state index in [2.05, 4.69) is 18.8 Å². The number of nitrogens with zero attached hydrogens (tertiary/aromatic N) is 1. The first kappa shape index (κ1) is 8.68. The molecule has 0 fully saturated rings. The maximum atomic E-state index is 6.07. The molecule has 1 aromatic heterocycles. The average Bonchev–Trinajstić information content (AvgIpc) is 2.37. The zero-order valence-electron chi connectivity index (χ0n) is 7.16. The first-order chi connectivity index (χ1) is 5.05. The Morgan fingerprint density at radius 3 is 2.64 bits per heavy atom. The molecule has 0 bridgehead atoms. The third kappa shape index (κ3) is 1.60. The second kappa shape index (κ2) is 2.91. The molecule has 0 aliphatic rings. The van der Waals surface area contributed by atoms with Gasteiger partial charge in [0.1, 0.15) is 5.01 Å². The lowest BCUT2D eigenvalue weighted by molar-refractivity contribution is 0.349. The number of rotatable bonds is 2. The summed E-state index contributed by atoms with van der Waals surface area (Å²) in [4.78, 5) is 4.20. The van der Waals surface area contributed by atoms with Gasteiger partial charge in [0.2, 0.25) is 0 Å². The molecule has 0 aliphatic heterocycles. The monoisotopic (exact) mass is 170 g/mol. The van der Waals surface area contributed by atoms with Gasteiger partial charge >= 0.3 is 0 Å². The van der Waals surface area contributed by atoms with Crippen LogP contribution in [-0.2, 0) is 5.54 Å². The van der Waals surface area contributed by atoms with Crippen LogP contribution in [0, 0.1) is 5.92 Å². The number of thiazole rings is 1. The molecule has 3 heteroatoms. The number of hydrogen-bond donors (Lipinski definition) is 1. The van der Waals surface area contributed by atoms with E-state index in [1.54, 1.807) is 17.5 Å². The molecule has 2 nitrogen and oxygen atoms in total. The Balaban J connectivity index is 2.90.